The van der Waals surface area contributed by atoms with Gasteiger partial charge in [-0.05, 0) is 38.2 Å². The number of amides is 1. The molecule has 11 heteroatoms. The highest BCUT2D eigenvalue weighted by Gasteiger charge is 2.23. The van der Waals surface area contributed by atoms with Gasteiger partial charge in [0.1, 0.15) is 15.7 Å². The topological polar surface area (TPSA) is 98.0 Å². The Kier molecular flexibility index (Phi) is 4.96. The van der Waals surface area contributed by atoms with Gasteiger partial charge in [-0.15, -0.1) is 31.7 Å². The summed E-state index contributed by atoms with van der Waals surface area (Å²) in [6.07, 6.45) is 5.44. The second-order valence-electron chi connectivity index (χ2n) is 6.88. The molecule has 0 fully saturated rings. The van der Waals surface area contributed by atoms with Gasteiger partial charge in [0.15, 0.2) is 10.8 Å². The van der Waals surface area contributed by atoms with Crippen molar-refractivity contribution in [2.24, 2.45) is 0 Å². The largest absolute Gasteiger partial charge is 0.300 e. The number of carbonyl (C=O) groups excluding carboxylic acids is 1. The van der Waals surface area contributed by atoms with Gasteiger partial charge in [0, 0.05) is 11.3 Å². The van der Waals surface area contributed by atoms with Gasteiger partial charge in [0.25, 0.3) is 0 Å². The van der Waals surface area contributed by atoms with E-state index in [1.807, 2.05) is 11.3 Å². The van der Waals surface area contributed by atoms with Crippen LogP contribution >= 0.6 is 34.4 Å². The molecule has 0 radical (unpaired) electrons. The zero-order chi connectivity index (χ0) is 20.0. The number of fused-ring (bicyclic) bond motifs is 5. The first-order valence-corrected chi connectivity index (χ1v) is 12.2. The smallest absolute Gasteiger partial charge is 0.236 e. The number of thiophene rings is 1. The maximum Gasteiger partial charge on any atom is 0.236 e. The molecule has 0 aromatic carbocycles. The number of hydrogen-bond acceptors (Lipinski definition) is 9. The predicted octanol–water partition coefficient (Wildman–Crippen LogP) is 3.67. The number of nitrogens with one attached hydrogen (secondary N) is 1. The van der Waals surface area contributed by atoms with Crippen LogP contribution in [0.1, 0.15) is 41.0 Å². The van der Waals surface area contributed by atoms with Gasteiger partial charge in [-0.2, -0.15) is 0 Å². The van der Waals surface area contributed by atoms with Crippen LogP contribution in [0.25, 0.3) is 15.9 Å². The minimum absolute atomic E-state index is 0.136. The van der Waals surface area contributed by atoms with E-state index in [9.17, 15) is 4.79 Å². The molecule has 0 saturated carbocycles. The average molecular weight is 446 g/mol. The van der Waals surface area contributed by atoms with Crippen molar-refractivity contribution in [3.05, 3.63) is 21.3 Å². The molecule has 4 heterocycles. The molecule has 150 valence electrons. The quantitative estimate of drug-likeness (QED) is 0.468. The normalized spacial score (nSPS) is 13.9. The molecular formula is C18H19N7OS3. The molecule has 0 unspecified atom stereocenters. The molecule has 5 rings (SSSR count). The summed E-state index contributed by atoms with van der Waals surface area (Å²) >= 11 is 4.52. The molecule has 1 aliphatic carbocycles. The highest BCUT2D eigenvalue weighted by Crippen LogP contribution is 2.38. The molecular weight excluding hydrogens is 426 g/mol. The fourth-order valence-corrected chi connectivity index (χ4v) is 6.29. The fraction of sp³-hybridized carbons (Fsp3) is 0.444. The number of thioether (sulfide) groups is 1. The van der Waals surface area contributed by atoms with Crippen molar-refractivity contribution in [2.45, 2.75) is 51.1 Å². The SMILES string of the molecule is CCc1nc2sc3c(c2c2nnc(SCC(=O)Nc4nnc(C)s4)n12)CCCC3. The third-order valence-electron chi connectivity index (χ3n) is 4.92. The maximum absolute atomic E-state index is 12.3. The van der Waals surface area contributed by atoms with E-state index in [-0.39, 0.29) is 11.7 Å². The number of carbonyl (C=O) groups is 1. The summed E-state index contributed by atoms with van der Waals surface area (Å²) in [7, 11) is 0. The van der Waals surface area contributed by atoms with Crippen LogP contribution in [-0.2, 0) is 24.1 Å². The van der Waals surface area contributed by atoms with Gasteiger partial charge in [0.2, 0.25) is 11.0 Å². The predicted molar refractivity (Wildman–Crippen MR) is 116 cm³/mol. The average Bonchev–Trinajstić information content (AvgIpc) is 3.41. The van der Waals surface area contributed by atoms with Gasteiger partial charge < -0.3 is 0 Å². The molecule has 4 aromatic heterocycles. The van der Waals surface area contributed by atoms with Crippen molar-refractivity contribution in [3.63, 3.8) is 0 Å². The lowest BCUT2D eigenvalue weighted by Gasteiger charge is -2.10. The van der Waals surface area contributed by atoms with E-state index in [1.165, 1.54) is 46.4 Å². The van der Waals surface area contributed by atoms with Crippen molar-refractivity contribution < 1.29 is 4.79 Å². The van der Waals surface area contributed by atoms with Crippen LogP contribution in [0.3, 0.4) is 0 Å². The second kappa shape index (κ2) is 7.62. The number of nitrogens with zero attached hydrogens (tertiary/aromatic N) is 6. The maximum atomic E-state index is 12.3. The van der Waals surface area contributed by atoms with E-state index in [0.29, 0.717) is 10.3 Å². The van der Waals surface area contributed by atoms with Crippen LogP contribution in [0.2, 0.25) is 0 Å². The zero-order valence-electron chi connectivity index (χ0n) is 16.1. The van der Waals surface area contributed by atoms with Gasteiger partial charge in [-0.25, -0.2) is 4.98 Å². The first-order chi connectivity index (χ1) is 14.1. The number of rotatable bonds is 5. The summed E-state index contributed by atoms with van der Waals surface area (Å²) in [5.41, 5.74) is 2.26. The Bertz CT molecular complexity index is 1230. The van der Waals surface area contributed by atoms with E-state index < -0.39 is 0 Å². The van der Waals surface area contributed by atoms with Crippen molar-refractivity contribution >= 4 is 61.3 Å². The first kappa shape index (κ1) is 18.9. The lowest BCUT2D eigenvalue weighted by atomic mass is 9.97. The first-order valence-electron chi connectivity index (χ1n) is 9.55. The lowest BCUT2D eigenvalue weighted by molar-refractivity contribution is -0.113. The summed E-state index contributed by atoms with van der Waals surface area (Å²) in [5, 5.41) is 22.7. The third-order valence-corrected chi connectivity index (χ3v) is 7.79. The van der Waals surface area contributed by atoms with Crippen LogP contribution in [-0.4, -0.2) is 41.4 Å². The molecule has 0 spiro atoms. The molecule has 8 nitrogen and oxygen atoms in total. The molecule has 0 aliphatic heterocycles. The molecule has 0 saturated heterocycles. The Morgan fingerprint density at radius 2 is 2.03 bits per heavy atom. The van der Waals surface area contributed by atoms with Gasteiger partial charge in [0.05, 0.1) is 11.1 Å². The van der Waals surface area contributed by atoms with Crippen LogP contribution in [0.15, 0.2) is 5.16 Å². The van der Waals surface area contributed by atoms with Crippen molar-refractivity contribution in [1.29, 1.82) is 0 Å². The highest BCUT2D eigenvalue weighted by molar-refractivity contribution is 7.99. The van der Waals surface area contributed by atoms with E-state index in [1.54, 1.807) is 11.3 Å². The Hall–Kier alpha value is -2.11. The Morgan fingerprint density at radius 3 is 2.83 bits per heavy atom. The van der Waals surface area contributed by atoms with Crippen molar-refractivity contribution in [1.82, 2.24) is 29.8 Å². The third kappa shape index (κ3) is 3.40. The minimum Gasteiger partial charge on any atom is -0.300 e. The number of hydrogen-bond donors (Lipinski definition) is 1. The molecule has 29 heavy (non-hydrogen) atoms. The number of anilines is 1. The molecule has 1 amide bonds. The van der Waals surface area contributed by atoms with Gasteiger partial charge in [-0.1, -0.05) is 30.0 Å². The molecule has 4 aromatic rings. The molecule has 0 bridgehead atoms. The number of aromatic nitrogens is 6. The highest BCUT2D eigenvalue weighted by atomic mass is 32.2. The Balaban J connectivity index is 1.47. The van der Waals surface area contributed by atoms with Crippen LogP contribution < -0.4 is 5.32 Å². The van der Waals surface area contributed by atoms with Gasteiger partial charge in [-0.3, -0.25) is 14.5 Å². The number of aryl methyl sites for hydroxylation is 4. The summed E-state index contributed by atoms with van der Waals surface area (Å²) in [6.45, 7) is 3.94. The molecule has 1 aliphatic rings. The standard InChI is InChI=1S/C18H19N7OS3/c1-3-12-19-16-14(10-6-4-5-7-11(10)29-16)15-22-24-18(25(12)15)27-8-13(26)20-17-23-21-9(2)28-17/h3-8H2,1-2H3,(H,20,23,26). The Morgan fingerprint density at radius 1 is 1.17 bits per heavy atom. The molecule has 1 N–H and O–H groups in total. The zero-order valence-corrected chi connectivity index (χ0v) is 18.5. The van der Waals surface area contributed by atoms with E-state index in [0.717, 1.165) is 46.0 Å². The summed E-state index contributed by atoms with van der Waals surface area (Å²) in [6, 6.07) is 0. The lowest BCUT2D eigenvalue weighted by Crippen LogP contribution is -2.14. The van der Waals surface area contributed by atoms with Crippen molar-refractivity contribution in [3.8, 4) is 0 Å². The minimum atomic E-state index is -0.136. The summed E-state index contributed by atoms with van der Waals surface area (Å²) in [4.78, 5) is 19.7. The monoisotopic (exact) mass is 445 g/mol. The molecule has 0 atom stereocenters. The fourth-order valence-electron chi connectivity index (χ4n) is 3.66. The Labute approximate surface area is 179 Å². The van der Waals surface area contributed by atoms with Crippen LogP contribution in [0.5, 0.6) is 0 Å². The summed E-state index contributed by atoms with van der Waals surface area (Å²) < 4.78 is 2.02. The van der Waals surface area contributed by atoms with E-state index >= 15 is 0 Å². The van der Waals surface area contributed by atoms with Crippen molar-refractivity contribution in [2.75, 3.05) is 11.1 Å². The van der Waals surface area contributed by atoms with Gasteiger partial charge >= 0.3 is 0 Å². The van der Waals surface area contributed by atoms with E-state index in [2.05, 4.69) is 32.6 Å². The van der Waals surface area contributed by atoms with Crippen LogP contribution in [0.4, 0.5) is 5.13 Å². The van der Waals surface area contributed by atoms with E-state index in [4.69, 9.17) is 4.98 Å². The second-order valence-corrected chi connectivity index (χ2v) is 10.1. The summed E-state index contributed by atoms with van der Waals surface area (Å²) in [5.74, 6) is 1.02. The van der Waals surface area contributed by atoms with Crippen LogP contribution in [0, 0.1) is 6.92 Å².